The van der Waals surface area contributed by atoms with Crippen molar-refractivity contribution in [2.75, 3.05) is 30.4 Å². The molecular weight excluding hydrogens is 492 g/mol. The Bertz CT molecular complexity index is 1810. The Kier molecular flexibility index (Phi) is 5.38. The molecule has 0 saturated heterocycles. The van der Waals surface area contributed by atoms with Crippen LogP contribution in [0.5, 0.6) is 0 Å². The van der Waals surface area contributed by atoms with Crippen LogP contribution in [-0.2, 0) is 19.5 Å². The van der Waals surface area contributed by atoms with Crippen LogP contribution in [0, 0.1) is 6.92 Å². The maximum atomic E-state index is 13.6. The lowest BCUT2D eigenvalue weighted by atomic mass is 9.99. The van der Waals surface area contributed by atoms with Crippen molar-refractivity contribution >= 4 is 34.0 Å². The molecule has 0 atom stereocenters. The average Bonchev–Trinajstić information content (AvgIpc) is 3.52. The van der Waals surface area contributed by atoms with Gasteiger partial charge in [0.05, 0.1) is 17.9 Å². The SMILES string of the molecule is Cc1c(-c2cc(Nc3cc4n(n3)CCN(C)C4)c(=O)[nH]n2)cccc1N1CCc2c([nH]c3ccccc23)C1=O. The van der Waals surface area contributed by atoms with Crippen molar-refractivity contribution in [1.29, 1.82) is 0 Å². The highest BCUT2D eigenvalue weighted by molar-refractivity contribution is 6.11. The van der Waals surface area contributed by atoms with Gasteiger partial charge in [-0.2, -0.15) is 10.2 Å². The number of H-pyrrole nitrogens is 2. The zero-order valence-electron chi connectivity index (χ0n) is 21.8. The van der Waals surface area contributed by atoms with E-state index in [-0.39, 0.29) is 11.5 Å². The van der Waals surface area contributed by atoms with E-state index in [4.69, 9.17) is 0 Å². The first-order valence-corrected chi connectivity index (χ1v) is 13.1. The molecule has 2 aromatic carbocycles. The van der Waals surface area contributed by atoms with Crippen molar-refractivity contribution in [2.45, 2.75) is 26.4 Å². The molecule has 0 aliphatic carbocycles. The van der Waals surface area contributed by atoms with Crippen molar-refractivity contribution in [3.8, 4) is 11.3 Å². The summed E-state index contributed by atoms with van der Waals surface area (Å²) in [6, 6.07) is 17.6. The van der Waals surface area contributed by atoms with Crippen LogP contribution in [0.3, 0.4) is 0 Å². The van der Waals surface area contributed by atoms with Crippen molar-refractivity contribution in [2.24, 2.45) is 0 Å². The fourth-order valence-electron chi connectivity index (χ4n) is 5.76. The molecule has 0 fully saturated rings. The maximum absolute atomic E-state index is 13.6. The summed E-state index contributed by atoms with van der Waals surface area (Å²) >= 11 is 0. The Balaban J connectivity index is 1.21. The number of anilines is 3. The molecule has 2 aliphatic rings. The van der Waals surface area contributed by atoms with E-state index in [0.29, 0.717) is 29.4 Å². The van der Waals surface area contributed by atoms with Crippen LogP contribution >= 0.6 is 0 Å². The Morgan fingerprint density at radius 1 is 1.00 bits per heavy atom. The quantitative estimate of drug-likeness (QED) is 0.332. The molecule has 10 heteroatoms. The van der Waals surface area contributed by atoms with Gasteiger partial charge < -0.3 is 15.2 Å². The maximum Gasteiger partial charge on any atom is 0.287 e. The number of aromatic nitrogens is 5. The number of aromatic amines is 2. The van der Waals surface area contributed by atoms with E-state index in [0.717, 1.165) is 65.0 Å². The van der Waals surface area contributed by atoms with Gasteiger partial charge in [0.2, 0.25) is 0 Å². The van der Waals surface area contributed by atoms with Gasteiger partial charge in [-0.3, -0.25) is 19.2 Å². The minimum atomic E-state index is -0.326. The fourth-order valence-corrected chi connectivity index (χ4v) is 5.76. The Morgan fingerprint density at radius 2 is 1.87 bits per heavy atom. The molecule has 0 unspecified atom stereocenters. The minimum Gasteiger partial charge on any atom is -0.350 e. The summed E-state index contributed by atoms with van der Waals surface area (Å²) in [5.41, 5.74) is 7.03. The van der Waals surface area contributed by atoms with Crippen molar-refractivity contribution in [3.05, 3.63) is 87.5 Å². The zero-order valence-corrected chi connectivity index (χ0v) is 21.8. The second kappa shape index (κ2) is 8.95. The highest BCUT2D eigenvalue weighted by Crippen LogP contribution is 2.35. The number of hydrogen-bond acceptors (Lipinski definition) is 6. The molecule has 2 aliphatic heterocycles. The van der Waals surface area contributed by atoms with Crippen LogP contribution in [0.4, 0.5) is 17.2 Å². The van der Waals surface area contributed by atoms with Gasteiger partial charge in [-0.25, -0.2) is 5.10 Å². The van der Waals surface area contributed by atoms with Gasteiger partial charge in [-0.1, -0.05) is 30.3 Å². The first kappa shape index (κ1) is 23.4. The lowest BCUT2D eigenvalue weighted by Gasteiger charge is -2.29. The standard InChI is InChI=1S/C29H28N8O2/c1-17-19(23-15-24(28(38)33-32-23)30-26-14-18-16-35(2)12-13-37(18)34-26)7-5-9-25(17)36-11-10-21-20-6-3-4-8-22(20)31-27(21)29(36)39/h3-9,14-15,31H,10-13,16H2,1-2H3,(H,33,38)(H,30,32,34). The van der Waals surface area contributed by atoms with Crippen LogP contribution < -0.4 is 15.8 Å². The number of likely N-dealkylation sites (N-methyl/N-ethyl adjacent to an activating group) is 1. The van der Waals surface area contributed by atoms with E-state index in [2.05, 4.69) is 43.6 Å². The summed E-state index contributed by atoms with van der Waals surface area (Å²) in [5.74, 6) is 0.584. The Morgan fingerprint density at radius 3 is 2.77 bits per heavy atom. The number of para-hydroxylation sites is 1. The molecule has 0 radical (unpaired) electrons. The number of nitrogens with zero attached hydrogens (tertiary/aromatic N) is 5. The van der Waals surface area contributed by atoms with E-state index in [1.54, 1.807) is 6.07 Å². The first-order valence-electron chi connectivity index (χ1n) is 13.1. The summed E-state index contributed by atoms with van der Waals surface area (Å²) in [6.45, 7) is 5.13. The van der Waals surface area contributed by atoms with Crippen LogP contribution in [0.25, 0.3) is 22.2 Å². The third-order valence-electron chi connectivity index (χ3n) is 7.79. The van der Waals surface area contributed by atoms with Gasteiger partial charge in [0.25, 0.3) is 11.5 Å². The molecule has 7 rings (SSSR count). The van der Waals surface area contributed by atoms with Crippen molar-refractivity contribution in [3.63, 3.8) is 0 Å². The second-order valence-electron chi connectivity index (χ2n) is 10.3. The van der Waals surface area contributed by atoms with E-state index < -0.39 is 0 Å². The summed E-state index contributed by atoms with van der Waals surface area (Å²) < 4.78 is 1.97. The Labute approximate surface area is 224 Å². The number of hydrogen-bond donors (Lipinski definition) is 3. The molecule has 1 amide bonds. The van der Waals surface area contributed by atoms with E-state index in [9.17, 15) is 9.59 Å². The summed E-state index contributed by atoms with van der Waals surface area (Å²) in [5, 5.41) is 15.9. The lowest BCUT2D eigenvalue weighted by Crippen LogP contribution is -2.38. The predicted molar refractivity (Wildman–Crippen MR) is 151 cm³/mol. The molecule has 10 nitrogen and oxygen atoms in total. The molecule has 5 heterocycles. The molecule has 39 heavy (non-hydrogen) atoms. The normalized spacial score (nSPS) is 15.4. The van der Waals surface area contributed by atoms with Crippen LogP contribution in [0.2, 0.25) is 0 Å². The molecule has 196 valence electrons. The van der Waals surface area contributed by atoms with E-state index >= 15 is 0 Å². The highest BCUT2D eigenvalue weighted by atomic mass is 16.2. The third kappa shape index (κ3) is 3.91. The minimum absolute atomic E-state index is 0.0427. The highest BCUT2D eigenvalue weighted by Gasteiger charge is 2.30. The summed E-state index contributed by atoms with van der Waals surface area (Å²) in [6.07, 6.45) is 0.768. The summed E-state index contributed by atoms with van der Waals surface area (Å²) in [4.78, 5) is 33.6. The fraction of sp³-hybridized carbons (Fsp3) is 0.241. The van der Waals surface area contributed by atoms with Crippen LogP contribution in [0.15, 0.2) is 59.4 Å². The number of carbonyl (C=O) groups excluding carboxylic acids is 1. The van der Waals surface area contributed by atoms with Gasteiger partial charge >= 0.3 is 0 Å². The Hall–Kier alpha value is -4.70. The number of benzene rings is 2. The largest absolute Gasteiger partial charge is 0.350 e. The van der Waals surface area contributed by atoms with E-state index in [1.165, 1.54) is 0 Å². The number of nitrogens with one attached hydrogen (secondary N) is 3. The van der Waals surface area contributed by atoms with Crippen molar-refractivity contribution < 1.29 is 4.79 Å². The van der Waals surface area contributed by atoms with Crippen molar-refractivity contribution in [1.82, 2.24) is 29.9 Å². The summed E-state index contributed by atoms with van der Waals surface area (Å²) in [7, 11) is 2.08. The van der Waals surface area contributed by atoms with Gasteiger partial charge in [-0.15, -0.1) is 0 Å². The smallest absolute Gasteiger partial charge is 0.287 e. The number of carbonyl (C=O) groups is 1. The number of rotatable bonds is 4. The van der Waals surface area contributed by atoms with Crippen LogP contribution in [-0.4, -0.2) is 55.9 Å². The monoisotopic (exact) mass is 520 g/mol. The topological polar surface area (TPSA) is 115 Å². The molecule has 3 N–H and O–H groups in total. The molecule has 0 saturated carbocycles. The van der Waals surface area contributed by atoms with Gasteiger partial charge in [0.1, 0.15) is 11.4 Å². The number of amides is 1. The molecule has 0 bridgehead atoms. The molecule has 3 aromatic heterocycles. The van der Waals surface area contributed by atoms with Crippen LogP contribution in [0.1, 0.15) is 27.3 Å². The zero-order chi connectivity index (χ0) is 26.7. The third-order valence-corrected chi connectivity index (χ3v) is 7.79. The van der Waals surface area contributed by atoms with Gasteiger partial charge in [0, 0.05) is 47.9 Å². The van der Waals surface area contributed by atoms with Gasteiger partial charge in [-0.05, 0) is 49.7 Å². The predicted octanol–water partition coefficient (Wildman–Crippen LogP) is 3.82. The number of fused-ring (bicyclic) bond motifs is 4. The first-order chi connectivity index (χ1) is 19.0. The molecule has 0 spiro atoms. The van der Waals surface area contributed by atoms with E-state index in [1.807, 2.05) is 59.0 Å². The average molecular weight is 521 g/mol. The second-order valence-corrected chi connectivity index (χ2v) is 10.3. The van der Waals surface area contributed by atoms with Gasteiger partial charge in [0.15, 0.2) is 5.82 Å². The lowest BCUT2D eigenvalue weighted by molar-refractivity contribution is 0.0976. The molecule has 5 aromatic rings. The molecular formula is C29H28N8O2.